The van der Waals surface area contributed by atoms with Crippen LogP contribution in [0.15, 0.2) is 30.5 Å². The molecule has 0 saturated heterocycles. The number of hydrogen-bond donors (Lipinski definition) is 0. The standard InChI is InChI=1S/C10H5ClIN3O2/c11-9-7(12)5-13-10(14-9)6-3-1-2-4-8(6)15(16)17/h1-5H. The van der Waals surface area contributed by atoms with E-state index in [0.29, 0.717) is 9.13 Å². The van der Waals surface area contributed by atoms with Crippen molar-refractivity contribution in [3.05, 3.63) is 49.3 Å². The maximum absolute atomic E-state index is 10.9. The molecule has 2 rings (SSSR count). The van der Waals surface area contributed by atoms with Crippen molar-refractivity contribution in [2.75, 3.05) is 0 Å². The Morgan fingerprint density at radius 1 is 1.35 bits per heavy atom. The summed E-state index contributed by atoms with van der Waals surface area (Å²) in [5.41, 5.74) is 0.320. The van der Waals surface area contributed by atoms with Crippen LogP contribution in [0, 0.1) is 13.7 Å². The number of hydrogen-bond acceptors (Lipinski definition) is 4. The normalized spacial score (nSPS) is 10.2. The van der Waals surface area contributed by atoms with Crippen molar-refractivity contribution >= 4 is 39.9 Å². The zero-order valence-electron chi connectivity index (χ0n) is 8.30. The SMILES string of the molecule is O=[N+]([O-])c1ccccc1-c1ncc(I)c(Cl)n1. The van der Waals surface area contributed by atoms with Gasteiger partial charge in [0.05, 0.1) is 14.1 Å². The van der Waals surface area contributed by atoms with Gasteiger partial charge in [0.25, 0.3) is 5.69 Å². The third kappa shape index (κ3) is 2.52. The van der Waals surface area contributed by atoms with Crippen molar-refractivity contribution < 1.29 is 4.92 Å². The largest absolute Gasteiger partial charge is 0.280 e. The zero-order chi connectivity index (χ0) is 12.4. The van der Waals surface area contributed by atoms with Crippen LogP contribution >= 0.6 is 34.2 Å². The number of para-hydroxylation sites is 1. The molecule has 0 atom stereocenters. The highest BCUT2D eigenvalue weighted by atomic mass is 127. The second kappa shape index (κ2) is 4.92. The van der Waals surface area contributed by atoms with E-state index in [9.17, 15) is 10.1 Å². The van der Waals surface area contributed by atoms with Crippen molar-refractivity contribution in [3.63, 3.8) is 0 Å². The van der Waals surface area contributed by atoms with E-state index in [-0.39, 0.29) is 16.7 Å². The van der Waals surface area contributed by atoms with Gasteiger partial charge < -0.3 is 0 Å². The smallest absolute Gasteiger partial charge is 0.258 e. The van der Waals surface area contributed by atoms with Gasteiger partial charge in [-0.15, -0.1) is 0 Å². The molecular formula is C10H5ClIN3O2. The first-order chi connectivity index (χ1) is 8.09. The third-order valence-electron chi connectivity index (χ3n) is 2.04. The number of nitrogens with zero attached hydrogens (tertiary/aromatic N) is 3. The van der Waals surface area contributed by atoms with Crippen LogP contribution < -0.4 is 0 Å². The Hall–Kier alpha value is -1.28. The summed E-state index contributed by atoms with van der Waals surface area (Å²) < 4.78 is 0.701. The molecule has 17 heavy (non-hydrogen) atoms. The van der Waals surface area contributed by atoms with Crippen LogP contribution in [0.1, 0.15) is 0 Å². The predicted octanol–water partition coefficient (Wildman–Crippen LogP) is 3.31. The first kappa shape index (κ1) is 12.2. The molecule has 0 amide bonds. The molecule has 7 heteroatoms. The van der Waals surface area contributed by atoms with E-state index < -0.39 is 4.92 Å². The number of rotatable bonds is 2. The van der Waals surface area contributed by atoms with Gasteiger partial charge in [0.15, 0.2) is 5.82 Å². The molecule has 0 radical (unpaired) electrons. The van der Waals surface area contributed by atoms with E-state index in [1.165, 1.54) is 12.3 Å². The van der Waals surface area contributed by atoms with Crippen LogP contribution in [0.5, 0.6) is 0 Å². The van der Waals surface area contributed by atoms with Crippen LogP contribution in [-0.4, -0.2) is 14.9 Å². The molecule has 1 aromatic heterocycles. The molecule has 0 fully saturated rings. The summed E-state index contributed by atoms with van der Waals surface area (Å²) in [4.78, 5) is 18.5. The molecule has 0 N–H and O–H groups in total. The minimum absolute atomic E-state index is 0.0372. The van der Waals surface area contributed by atoms with E-state index in [4.69, 9.17) is 11.6 Å². The molecule has 1 aromatic carbocycles. The van der Waals surface area contributed by atoms with Gasteiger partial charge in [-0.25, -0.2) is 9.97 Å². The predicted molar refractivity (Wildman–Crippen MR) is 71.8 cm³/mol. The molecule has 0 saturated carbocycles. The molecule has 1 heterocycles. The van der Waals surface area contributed by atoms with Gasteiger partial charge in [-0.3, -0.25) is 10.1 Å². The van der Waals surface area contributed by atoms with E-state index in [1.807, 2.05) is 22.6 Å². The minimum atomic E-state index is -0.468. The Labute approximate surface area is 115 Å². The lowest BCUT2D eigenvalue weighted by molar-refractivity contribution is -0.384. The maximum Gasteiger partial charge on any atom is 0.280 e. The molecule has 2 aromatic rings. The molecule has 0 unspecified atom stereocenters. The second-order valence-corrected chi connectivity index (χ2v) is 4.63. The van der Waals surface area contributed by atoms with Crippen LogP contribution in [0.3, 0.4) is 0 Å². The van der Waals surface area contributed by atoms with Gasteiger partial charge in [-0.05, 0) is 28.7 Å². The number of aromatic nitrogens is 2. The molecule has 0 spiro atoms. The Morgan fingerprint density at radius 2 is 2.06 bits per heavy atom. The summed E-state index contributed by atoms with van der Waals surface area (Å²) in [6, 6.07) is 6.29. The maximum atomic E-state index is 10.9. The summed E-state index contributed by atoms with van der Waals surface area (Å²) in [5.74, 6) is 0.253. The molecule has 0 aliphatic heterocycles. The van der Waals surface area contributed by atoms with Crippen LogP contribution in [0.25, 0.3) is 11.4 Å². The van der Waals surface area contributed by atoms with Gasteiger partial charge >= 0.3 is 0 Å². The third-order valence-corrected chi connectivity index (χ3v) is 3.44. The van der Waals surface area contributed by atoms with E-state index >= 15 is 0 Å². The van der Waals surface area contributed by atoms with Gasteiger partial charge in [0.1, 0.15) is 5.15 Å². The zero-order valence-corrected chi connectivity index (χ0v) is 11.2. The summed E-state index contributed by atoms with van der Waals surface area (Å²) in [6.45, 7) is 0. The summed E-state index contributed by atoms with van der Waals surface area (Å²) >= 11 is 7.86. The van der Waals surface area contributed by atoms with Crippen LogP contribution in [0.2, 0.25) is 5.15 Å². The average molecular weight is 362 g/mol. The quantitative estimate of drug-likeness (QED) is 0.356. The first-order valence-corrected chi connectivity index (χ1v) is 5.97. The second-order valence-electron chi connectivity index (χ2n) is 3.11. The monoisotopic (exact) mass is 361 g/mol. The van der Waals surface area contributed by atoms with Gasteiger partial charge in [-0.1, -0.05) is 23.7 Å². The average Bonchev–Trinajstić information content (AvgIpc) is 2.32. The number of halogens is 2. The molecular weight excluding hydrogens is 356 g/mol. The fourth-order valence-electron chi connectivity index (χ4n) is 1.30. The van der Waals surface area contributed by atoms with E-state index in [1.54, 1.807) is 18.2 Å². The highest BCUT2D eigenvalue weighted by Crippen LogP contribution is 2.28. The number of nitro groups is 1. The highest BCUT2D eigenvalue weighted by molar-refractivity contribution is 14.1. The lowest BCUT2D eigenvalue weighted by atomic mass is 10.1. The molecule has 5 nitrogen and oxygen atoms in total. The van der Waals surface area contributed by atoms with Crippen LogP contribution in [0.4, 0.5) is 5.69 Å². The summed E-state index contributed by atoms with van der Waals surface area (Å²) in [6.07, 6.45) is 1.53. The number of nitro benzene ring substituents is 1. The van der Waals surface area contributed by atoms with E-state index in [2.05, 4.69) is 9.97 Å². The van der Waals surface area contributed by atoms with Crippen LogP contribution in [-0.2, 0) is 0 Å². The van der Waals surface area contributed by atoms with Gasteiger partial charge in [0, 0.05) is 12.3 Å². The van der Waals surface area contributed by atoms with Crippen molar-refractivity contribution in [1.29, 1.82) is 0 Å². The van der Waals surface area contributed by atoms with E-state index in [0.717, 1.165) is 0 Å². The Morgan fingerprint density at radius 3 is 2.71 bits per heavy atom. The van der Waals surface area contributed by atoms with Gasteiger partial charge in [0.2, 0.25) is 0 Å². The topological polar surface area (TPSA) is 68.9 Å². The lowest BCUT2D eigenvalue weighted by Gasteiger charge is -2.02. The van der Waals surface area contributed by atoms with Crippen molar-refractivity contribution in [3.8, 4) is 11.4 Å². The van der Waals surface area contributed by atoms with Crippen molar-refractivity contribution in [2.24, 2.45) is 0 Å². The highest BCUT2D eigenvalue weighted by Gasteiger charge is 2.17. The van der Waals surface area contributed by atoms with Gasteiger partial charge in [-0.2, -0.15) is 0 Å². The summed E-state index contributed by atoms with van der Waals surface area (Å²) in [7, 11) is 0. The minimum Gasteiger partial charge on any atom is -0.258 e. The summed E-state index contributed by atoms with van der Waals surface area (Å²) in [5, 5.41) is 11.1. The fraction of sp³-hybridized carbons (Fsp3) is 0. The molecule has 0 bridgehead atoms. The molecule has 0 aliphatic carbocycles. The molecule has 86 valence electrons. The lowest BCUT2D eigenvalue weighted by Crippen LogP contribution is -1.96. The number of benzene rings is 1. The Bertz CT molecular complexity index is 592. The Balaban J connectivity index is 2.60. The van der Waals surface area contributed by atoms with Crippen molar-refractivity contribution in [1.82, 2.24) is 9.97 Å². The van der Waals surface area contributed by atoms with Crippen molar-refractivity contribution in [2.45, 2.75) is 0 Å². The first-order valence-electron chi connectivity index (χ1n) is 4.51. The molecule has 0 aliphatic rings. The fourth-order valence-corrected chi connectivity index (χ4v) is 1.69. The Kier molecular flexibility index (Phi) is 3.53.